The van der Waals surface area contributed by atoms with Crippen molar-refractivity contribution in [2.75, 3.05) is 26.2 Å². The van der Waals surface area contributed by atoms with Crippen molar-refractivity contribution >= 4 is 51.9 Å². The molecule has 16 heteroatoms. The number of nitrogens with one attached hydrogen (secondary N) is 4. The van der Waals surface area contributed by atoms with Crippen molar-refractivity contribution in [3.63, 3.8) is 0 Å². The molecule has 356 valence electrons. The summed E-state index contributed by atoms with van der Waals surface area (Å²) in [4.78, 5) is 64.6. The van der Waals surface area contributed by atoms with Crippen LogP contribution in [-0.4, -0.2) is 104 Å². The van der Waals surface area contributed by atoms with Gasteiger partial charge in [0, 0.05) is 61.3 Å². The Labute approximate surface area is 395 Å². The number of aliphatic hydroxyl groups is 1. The third-order valence-corrected chi connectivity index (χ3v) is 13.5. The molecule has 0 unspecified atom stereocenters. The second-order valence-corrected chi connectivity index (χ2v) is 19.6. The Morgan fingerprint density at radius 2 is 1.82 bits per heavy atom. The van der Waals surface area contributed by atoms with Crippen LogP contribution in [0.2, 0.25) is 0 Å². The minimum atomic E-state index is -1.97. The molecule has 3 atom stereocenters. The van der Waals surface area contributed by atoms with Crippen LogP contribution in [0.1, 0.15) is 87.2 Å². The lowest BCUT2D eigenvalue weighted by Crippen LogP contribution is -2.59. The number of alkyl halides is 1. The average molecular weight is 936 g/mol. The lowest BCUT2D eigenvalue weighted by Gasteiger charge is -2.35. The summed E-state index contributed by atoms with van der Waals surface area (Å²) in [7, 11) is 0. The third kappa shape index (κ3) is 12.7. The number of ether oxygens (including phenoxy) is 1. The number of likely N-dealkylation sites (tertiary alicyclic amines) is 1. The summed E-state index contributed by atoms with van der Waals surface area (Å²) in [5.41, 5.74) is 7.63. The fraction of sp³-hybridized carbons (Fsp3) is 0.431. The smallest absolute Gasteiger partial charge is 0.267 e. The zero-order valence-corrected chi connectivity index (χ0v) is 39.5. The lowest BCUT2D eigenvalue weighted by molar-refractivity contribution is -0.145. The van der Waals surface area contributed by atoms with E-state index >= 15 is 0 Å². The Bertz CT molecular complexity index is 2550. The Morgan fingerprint density at radius 1 is 1.04 bits per heavy atom. The molecule has 14 nitrogen and oxygen atoms in total. The molecule has 2 aromatic heterocycles. The molecule has 1 saturated carbocycles. The van der Waals surface area contributed by atoms with E-state index in [0.717, 1.165) is 83.7 Å². The number of rotatable bonds is 21. The number of aliphatic hydroxyl groups excluding tert-OH is 1. The van der Waals surface area contributed by atoms with E-state index in [9.17, 15) is 28.7 Å². The molecule has 0 spiro atoms. The highest BCUT2D eigenvalue weighted by Crippen LogP contribution is 2.40. The van der Waals surface area contributed by atoms with E-state index in [0.29, 0.717) is 12.4 Å². The maximum Gasteiger partial charge on any atom is 0.267 e. The van der Waals surface area contributed by atoms with Crippen LogP contribution in [0, 0.1) is 12.3 Å². The van der Waals surface area contributed by atoms with Gasteiger partial charge in [0.25, 0.3) is 11.8 Å². The predicted octanol–water partition coefficient (Wildman–Crippen LogP) is 7.02. The maximum atomic E-state index is 14.7. The van der Waals surface area contributed by atoms with Crippen LogP contribution in [0.4, 0.5) is 4.39 Å². The minimum Gasteiger partial charge on any atom is -0.493 e. The number of β-amino-alcohol motifs (C(OH)–C–C–N with tert-alkyl or cyclic N) is 1. The second kappa shape index (κ2) is 21.8. The number of aryl methyl sites for hydroxylation is 1. The maximum absolute atomic E-state index is 14.7. The quantitative estimate of drug-likeness (QED) is 0.0194. The number of H-pyrrole nitrogens is 1. The number of para-hydroxylation sites is 1. The van der Waals surface area contributed by atoms with Crippen LogP contribution in [0.25, 0.3) is 27.4 Å². The van der Waals surface area contributed by atoms with Gasteiger partial charge in [0.15, 0.2) is 5.67 Å². The number of halogens is 1. The van der Waals surface area contributed by atoms with E-state index in [1.165, 1.54) is 33.3 Å². The normalized spacial score (nSPS) is 17.2. The number of hydrogen-bond donors (Lipinski definition) is 6. The van der Waals surface area contributed by atoms with Crippen molar-refractivity contribution in [2.24, 2.45) is 5.41 Å². The standard InChI is InChI=1S/C51H62FN7O7S/c1-33-45(67-32-55-33)36-17-18-38(29-54-47(62)42-27-39(60)31-59(42)48(63)46(50(2,3)4)56-49(64)51(52)21-22-51)43(26-36)66-25-9-5-8-23-58(24-20-37-28-53-41-11-7-6-10-40(37)41)30-35-14-12-34(13-15-35)16-19-44(61)57-65/h6-7,10-19,26,28,32,39,42,46,53,60,65H,5,8-9,20-25,27,29-31H2,1-4H3,(H,54,62)(H,56,64)(H,57,61)/b19-16+/t39-,42+,46-/m1/s1. The molecule has 7 rings (SSSR count). The molecule has 1 aliphatic heterocycles. The fourth-order valence-electron chi connectivity index (χ4n) is 8.46. The summed E-state index contributed by atoms with van der Waals surface area (Å²) in [6.07, 6.45) is 7.84. The summed E-state index contributed by atoms with van der Waals surface area (Å²) in [5, 5.41) is 26.3. The fourth-order valence-corrected chi connectivity index (χ4v) is 9.26. The minimum absolute atomic E-state index is 0.0279. The first-order valence-corrected chi connectivity index (χ1v) is 23.9. The number of benzene rings is 3. The van der Waals surface area contributed by atoms with Crippen molar-refractivity contribution in [3.8, 4) is 16.2 Å². The number of hydrogen-bond acceptors (Lipinski definition) is 10. The number of thiazole rings is 1. The van der Waals surface area contributed by atoms with Gasteiger partial charge in [-0.1, -0.05) is 75.4 Å². The van der Waals surface area contributed by atoms with Gasteiger partial charge in [0.1, 0.15) is 17.8 Å². The third-order valence-electron chi connectivity index (χ3n) is 12.5. The topological polar surface area (TPSA) is 189 Å². The average Bonchev–Trinajstić information content (AvgIpc) is 3.57. The molecule has 5 aromatic rings. The van der Waals surface area contributed by atoms with Gasteiger partial charge >= 0.3 is 0 Å². The first-order chi connectivity index (χ1) is 32.1. The van der Waals surface area contributed by atoms with E-state index in [1.54, 1.807) is 37.8 Å². The van der Waals surface area contributed by atoms with Crippen LogP contribution in [0.15, 0.2) is 84.5 Å². The van der Waals surface area contributed by atoms with Gasteiger partial charge in [-0.25, -0.2) is 14.9 Å². The number of carbonyl (C=O) groups excluding carboxylic acids is 4. The number of nitrogens with zero attached hydrogens (tertiary/aromatic N) is 3. The van der Waals surface area contributed by atoms with Gasteiger partial charge in [-0.05, 0) is 97.9 Å². The number of fused-ring (bicyclic) bond motifs is 1. The second-order valence-electron chi connectivity index (χ2n) is 18.8. The number of amides is 4. The first kappa shape index (κ1) is 49.0. The summed E-state index contributed by atoms with van der Waals surface area (Å²) in [6, 6.07) is 20.1. The highest BCUT2D eigenvalue weighted by atomic mass is 32.1. The molecular weight excluding hydrogens is 874 g/mol. The van der Waals surface area contributed by atoms with Gasteiger partial charge in [0.05, 0.1) is 28.8 Å². The van der Waals surface area contributed by atoms with Gasteiger partial charge in [0.2, 0.25) is 11.8 Å². The van der Waals surface area contributed by atoms with Crippen LogP contribution in [-0.2, 0) is 38.7 Å². The van der Waals surface area contributed by atoms with E-state index < -0.39 is 52.9 Å². The van der Waals surface area contributed by atoms with Crippen LogP contribution in [0.5, 0.6) is 5.75 Å². The van der Waals surface area contributed by atoms with Crippen molar-refractivity contribution < 1.29 is 38.6 Å². The summed E-state index contributed by atoms with van der Waals surface area (Å²) in [6.45, 7) is 10.2. The van der Waals surface area contributed by atoms with Gasteiger partial charge < -0.3 is 30.4 Å². The lowest BCUT2D eigenvalue weighted by atomic mass is 9.85. The number of aromatic nitrogens is 2. The largest absolute Gasteiger partial charge is 0.493 e. The molecular formula is C51H62FN7O7S. The van der Waals surface area contributed by atoms with Gasteiger partial charge in [-0.15, -0.1) is 11.3 Å². The molecule has 3 heterocycles. The molecule has 67 heavy (non-hydrogen) atoms. The monoisotopic (exact) mass is 935 g/mol. The summed E-state index contributed by atoms with van der Waals surface area (Å²) >= 11 is 1.54. The number of unbranched alkanes of at least 4 members (excludes halogenated alkanes) is 2. The Kier molecular flexibility index (Phi) is 15.9. The van der Waals surface area contributed by atoms with Crippen LogP contribution < -0.4 is 20.9 Å². The molecule has 0 bridgehead atoms. The van der Waals surface area contributed by atoms with Crippen molar-refractivity contribution in [2.45, 2.75) is 110 Å². The molecule has 0 radical (unpaired) electrons. The first-order valence-electron chi connectivity index (χ1n) is 23.0. The summed E-state index contributed by atoms with van der Waals surface area (Å²) in [5.74, 6) is -1.78. The molecule has 2 fully saturated rings. The molecule has 1 aliphatic carbocycles. The zero-order valence-electron chi connectivity index (χ0n) is 38.6. The molecule has 1 saturated heterocycles. The Morgan fingerprint density at radius 3 is 2.54 bits per heavy atom. The Balaban J connectivity index is 0.975. The molecule has 2 aliphatic rings. The molecule has 3 aromatic carbocycles. The van der Waals surface area contributed by atoms with Crippen molar-refractivity contribution in [3.05, 3.63) is 112 Å². The zero-order chi connectivity index (χ0) is 47.7. The SMILES string of the molecule is Cc1ncsc1-c1ccc(CNC(=O)[C@@H]2C[C@@H](O)CN2C(=O)[C@@H](NC(=O)C2(F)CC2)C(C)(C)C)c(OCCCCCN(CCc2c[nH]c3ccccc23)Cc2ccc(/C=C/C(=O)NO)cc2)c1. The number of hydroxylamine groups is 1. The van der Waals surface area contributed by atoms with Crippen molar-refractivity contribution in [1.82, 2.24) is 35.9 Å². The summed E-state index contributed by atoms with van der Waals surface area (Å²) < 4.78 is 21.2. The highest BCUT2D eigenvalue weighted by Gasteiger charge is 2.53. The highest BCUT2D eigenvalue weighted by molar-refractivity contribution is 7.13. The Hall–Kier alpha value is -5.94. The molecule has 4 amide bonds. The van der Waals surface area contributed by atoms with Crippen LogP contribution in [0.3, 0.4) is 0 Å². The van der Waals surface area contributed by atoms with E-state index in [-0.39, 0.29) is 32.4 Å². The van der Waals surface area contributed by atoms with Gasteiger partial charge in [-0.2, -0.15) is 0 Å². The number of aromatic amines is 1. The van der Waals surface area contributed by atoms with Gasteiger partial charge in [-0.3, -0.25) is 29.3 Å². The van der Waals surface area contributed by atoms with E-state index in [2.05, 4.69) is 62.0 Å². The van der Waals surface area contributed by atoms with Crippen molar-refractivity contribution in [1.29, 1.82) is 0 Å². The molecule has 6 N–H and O–H groups in total. The number of carbonyl (C=O) groups is 4. The van der Waals surface area contributed by atoms with E-state index in [4.69, 9.17) is 9.94 Å². The predicted molar refractivity (Wildman–Crippen MR) is 257 cm³/mol. The van der Waals surface area contributed by atoms with E-state index in [1.807, 2.05) is 43.3 Å². The van der Waals surface area contributed by atoms with Crippen LogP contribution >= 0.6 is 11.3 Å².